The molecule has 0 unspecified atom stereocenters. The lowest BCUT2D eigenvalue weighted by molar-refractivity contribution is 0.847. The van der Waals surface area contributed by atoms with Crippen molar-refractivity contribution in [2.75, 3.05) is 5.32 Å². The van der Waals surface area contributed by atoms with Crippen molar-refractivity contribution in [3.8, 4) is 5.82 Å². The van der Waals surface area contributed by atoms with Crippen LogP contribution < -0.4 is 5.32 Å². The van der Waals surface area contributed by atoms with E-state index in [2.05, 4.69) is 30.5 Å². The monoisotopic (exact) mass is 374 g/mol. The molecule has 10 heteroatoms. The van der Waals surface area contributed by atoms with Crippen molar-refractivity contribution in [2.45, 2.75) is 13.3 Å². The minimum absolute atomic E-state index is 0.415. The highest BCUT2D eigenvalue weighted by atomic mass is 35.5. The van der Waals surface area contributed by atoms with Crippen molar-refractivity contribution in [1.82, 2.24) is 34.3 Å². The number of halogens is 2. The fourth-order valence-corrected chi connectivity index (χ4v) is 2.83. The Morgan fingerprint density at radius 2 is 2.00 bits per heavy atom. The second-order valence-electron chi connectivity index (χ2n) is 5.22. The summed E-state index contributed by atoms with van der Waals surface area (Å²) in [4.78, 5) is 12.8. The fourth-order valence-electron chi connectivity index (χ4n) is 2.36. The summed E-state index contributed by atoms with van der Waals surface area (Å²) < 4.78 is 3.20. The molecule has 0 saturated carbocycles. The lowest BCUT2D eigenvalue weighted by Crippen LogP contribution is -2.03. The van der Waals surface area contributed by atoms with Crippen LogP contribution in [0.4, 0.5) is 11.5 Å². The van der Waals surface area contributed by atoms with Gasteiger partial charge in [-0.1, -0.05) is 30.1 Å². The van der Waals surface area contributed by atoms with Gasteiger partial charge in [-0.2, -0.15) is 19.7 Å². The summed E-state index contributed by atoms with van der Waals surface area (Å²) in [6, 6.07) is 3.54. The van der Waals surface area contributed by atoms with E-state index in [4.69, 9.17) is 23.2 Å². The van der Waals surface area contributed by atoms with E-state index in [0.29, 0.717) is 21.6 Å². The molecule has 8 nitrogen and oxygen atoms in total. The third-order valence-corrected chi connectivity index (χ3v) is 4.01. The zero-order chi connectivity index (χ0) is 17.4. The number of anilines is 2. The van der Waals surface area contributed by atoms with Crippen molar-refractivity contribution >= 4 is 40.5 Å². The van der Waals surface area contributed by atoms with Crippen LogP contribution in [-0.4, -0.2) is 34.3 Å². The van der Waals surface area contributed by atoms with Gasteiger partial charge in [-0.25, -0.2) is 14.6 Å². The van der Waals surface area contributed by atoms with Crippen molar-refractivity contribution in [1.29, 1.82) is 0 Å². The normalized spacial score (nSPS) is 11.2. The first-order chi connectivity index (χ1) is 12.1. The van der Waals surface area contributed by atoms with Gasteiger partial charge in [0.05, 0.1) is 28.1 Å². The Balaban J connectivity index is 1.69. The van der Waals surface area contributed by atoms with Crippen LogP contribution in [-0.2, 0) is 6.42 Å². The van der Waals surface area contributed by atoms with E-state index in [1.807, 2.05) is 13.0 Å². The molecule has 0 radical (unpaired) electrons. The maximum atomic E-state index is 6.18. The van der Waals surface area contributed by atoms with Crippen molar-refractivity contribution < 1.29 is 0 Å². The van der Waals surface area contributed by atoms with Gasteiger partial charge in [-0.3, -0.25) is 0 Å². The molecule has 0 atom stereocenters. The van der Waals surface area contributed by atoms with Gasteiger partial charge in [-0.15, -0.1) is 0 Å². The second-order valence-corrected chi connectivity index (χ2v) is 6.06. The highest BCUT2D eigenvalue weighted by Gasteiger charge is 2.10. The van der Waals surface area contributed by atoms with Crippen molar-refractivity contribution in [3.63, 3.8) is 0 Å². The number of nitrogens with one attached hydrogen (secondary N) is 1. The summed E-state index contributed by atoms with van der Waals surface area (Å²) in [5.74, 6) is 1.78. The number of aromatic nitrogens is 7. The first-order valence-corrected chi connectivity index (χ1v) is 8.22. The van der Waals surface area contributed by atoms with E-state index in [1.54, 1.807) is 27.7 Å². The van der Waals surface area contributed by atoms with Gasteiger partial charge in [0.15, 0.2) is 5.82 Å². The molecule has 4 aromatic heterocycles. The number of hydrogen-bond donors (Lipinski definition) is 1. The maximum absolute atomic E-state index is 6.18. The highest BCUT2D eigenvalue weighted by molar-refractivity contribution is 6.35. The third-order valence-electron chi connectivity index (χ3n) is 3.53. The molecular weight excluding hydrogens is 363 g/mol. The third kappa shape index (κ3) is 3.01. The summed E-state index contributed by atoms with van der Waals surface area (Å²) in [5.41, 5.74) is 1.66. The van der Waals surface area contributed by atoms with Crippen molar-refractivity contribution in [3.05, 3.63) is 52.8 Å². The topological polar surface area (TPSA) is 85.8 Å². The SMILES string of the molecule is CCc1cc(Nc2cnn(-c3ncc(Cl)cc3Cl)c2)n2ncnc2n1. The van der Waals surface area contributed by atoms with Gasteiger partial charge in [-0.05, 0) is 12.5 Å². The molecule has 4 aromatic rings. The van der Waals surface area contributed by atoms with Crippen LogP contribution in [0.25, 0.3) is 11.6 Å². The molecule has 0 bridgehead atoms. The number of nitrogens with zero attached hydrogens (tertiary/aromatic N) is 7. The largest absolute Gasteiger partial charge is 0.337 e. The Hall–Kier alpha value is -2.71. The zero-order valence-electron chi connectivity index (χ0n) is 13.1. The first kappa shape index (κ1) is 15.8. The molecule has 25 heavy (non-hydrogen) atoms. The predicted molar refractivity (Wildman–Crippen MR) is 94.8 cm³/mol. The molecule has 0 aromatic carbocycles. The van der Waals surface area contributed by atoms with E-state index < -0.39 is 0 Å². The summed E-state index contributed by atoms with van der Waals surface area (Å²) in [6.07, 6.45) is 7.22. The van der Waals surface area contributed by atoms with Gasteiger partial charge in [0.25, 0.3) is 5.78 Å². The number of pyridine rings is 1. The van der Waals surface area contributed by atoms with Crippen LogP contribution >= 0.6 is 23.2 Å². The average molecular weight is 375 g/mol. The summed E-state index contributed by atoms with van der Waals surface area (Å²) in [6.45, 7) is 2.03. The lowest BCUT2D eigenvalue weighted by atomic mass is 10.3. The quantitative estimate of drug-likeness (QED) is 0.589. The number of fused-ring (bicyclic) bond motifs is 1. The number of rotatable bonds is 4. The minimum atomic E-state index is 0.415. The first-order valence-electron chi connectivity index (χ1n) is 7.47. The average Bonchev–Trinajstić information content (AvgIpc) is 3.24. The molecule has 0 amide bonds. The molecule has 0 aliphatic rings. The van der Waals surface area contributed by atoms with Gasteiger partial charge >= 0.3 is 0 Å². The van der Waals surface area contributed by atoms with Crippen molar-refractivity contribution in [2.24, 2.45) is 0 Å². The molecule has 4 rings (SSSR count). The second kappa shape index (κ2) is 6.30. The number of hydrogen-bond acceptors (Lipinski definition) is 6. The smallest absolute Gasteiger partial charge is 0.254 e. The van der Waals surface area contributed by atoms with Gasteiger partial charge in [0.1, 0.15) is 12.1 Å². The van der Waals surface area contributed by atoms with E-state index in [1.165, 1.54) is 12.5 Å². The summed E-state index contributed by atoms with van der Waals surface area (Å²) in [5, 5.41) is 12.6. The molecule has 0 aliphatic heterocycles. The molecule has 0 fully saturated rings. The number of aryl methyl sites for hydroxylation is 1. The fraction of sp³-hybridized carbons (Fsp3) is 0.133. The Labute approximate surface area is 152 Å². The van der Waals surface area contributed by atoms with Crippen LogP contribution in [0.2, 0.25) is 10.0 Å². The standard InChI is InChI=1S/C15H12Cl2N8/c1-2-10-4-13(25-15(23-10)19-8-21-25)22-11-6-20-24(7-11)14-12(17)3-9(16)5-18-14/h3-8,22H,2H2,1H3. The van der Waals surface area contributed by atoms with Crippen LogP contribution in [0.15, 0.2) is 37.1 Å². The zero-order valence-corrected chi connectivity index (χ0v) is 14.6. The molecule has 126 valence electrons. The lowest BCUT2D eigenvalue weighted by Gasteiger charge is -2.07. The van der Waals surface area contributed by atoms with Crippen LogP contribution in [0, 0.1) is 0 Å². The van der Waals surface area contributed by atoms with Gasteiger partial charge in [0, 0.05) is 18.0 Å². The Kier molecular flexibility index (Phi) is 3.98. The highest BCUT2D eigenvalue weighted by Crippen LogP contribution is 2.23. The molecule has 1 N–H and O–H groups in total. The summed E-state index contributed by atoms with van der Waals surface area (Å²) >= 11 is 12.1. The predicted octanol–water partition coefficient (Wildman–Crippen LogP) is 3.32. The molecule has 0 spiro atoms. The van der Waals surface area contributed by atoms with Gasteiger partial charge < -0.3 is 5.32 Å². The molecule has 0 saturated heterocycles. The van der Waals surface area contributed by atoms with Crippen LogP contribution in [0.1, 0.15) is 12.6 Å². The minimum Gasteiger partial charge on any atom is -0.337 e. The van der Waals surface area contributed by atoms with Crippen LogP contribution in [0.3, 0.4) is 0 Å². The molecule has 0 aliphatic carbocycles. The van der Waals surface area contributed by atoms with E-state index in [0.717, 1.165) is 23.6 Å². The summed E-state index contributed by atoms with van der Waals surface area (Å²) in [7, 11) is 0. The Morgan fingerprint density at radius 1 is 1.12 bits per heavy atom. The Bertz CT molecular complexity index is 1050. The maximum Gasteiger partial charge on any atom is 0.254 e. The van der Waals surface area contributed by atoms with E-state index in [9.17, 15) is 0 Å². The van der Waals surface area contributed by atoms with E-state index >= 15 is 0 Å². The molecular formula is C15H12Cl2N8. The molecule has 4 heterocycles. The Morgan fingerprint density at radius 3 is 2.80 bits per heavy atom. The van der Waals surface area contributed by atoms with Gasteiger partial charge in [0.2, 0.25) is 0 Å². The van der Waals surface area contributed by atoms with E-state index in [-0.39, 0.29) is 0 Å². The van der Waals surface area contributed by atoms with Crippen LogP contribution in [0.5, 0.6) is 0 Å².